The third-order valence-corrected chi connectivity index (χ3v) is 2.00. The van der Waals surface area contributed by atoms with Gasteiger partial charge < -0.3 is 4.98 Å². The van der Waals surface area contributed by atoms with Gasteiger partial charge in [-0.15, -0.1) is 28.3 Å². The Bertz CT molecular complexity index is 341. The zero-order valence-corrected chi connectivity index (χ0v) is 8.97. The Morgan fingerprint density at radius 3 is 2.75 bits per heavy atom. The predicted octanol–water partition coefficient (Wildman–Crippen LogP) is 2.42. The van der Waals surface area contributed by atoms with Crippen molar-refractivity contribution >= 4 is 28.3 Å². The number of nitrogens with zero attached hydrogens (tertiary/aromatic N) is 2. The van der Waals surface area contributed by atoms with Crippen LogP contribution in [0.15, 0.2) is 17.1 Å². The van der Waals surface area contributed by atoms with Gasteiger partial charge in [0.25, 0.3) is 0 Å². The van der Waals surface area contributed by atoms with E-state index in [9.17, 15) is 0 Å². The monoisotopic (exact) mass is 245 g/mol. The van der Waals surface area contributed by atoms with Crippen molar-refractivity contribution in [2.45, 2.75) is 6.92 Å². The molecule has 5 heteroatoms. The molecule has 3 nitrogen and oxygen atoms in total. The van der Waals surface area contributed by atoms with Gasteiger partial charge in [-0.1, -0.05) is 0 Å². The molecule has 1 N–H and O–H groups in total. The summed E-state index contributed by atoms with van der Waals surface area (Å²) in [5, 5.41) is 1.99. The summed E-state index contributed by atoms with van der Waals surface area (Å²) in [6.07, 6.45) is 1.80. The molecule has 0 atom stereocenters. The van der Waals surface area contributed by atoms with E-state index in [0.717, 1.165) is 17.2 Å². The highest BCUT2D eigenvalue weighted by Crippen LogP contribution is 2.15. The average Bonchev–Trinajstić information content (AvgIpc) is 2.55. The normalized spacial score (nSPS) is 9.42. The Morgan fingerprint density at radius 1 is 1.42 bits per heavy atom. The van der Waals surface area contributed by atoms with Crippen LogP contribution in [0.5, 0.6) is 0 Å². The predicted molar refractivity (Wildman–Crippen MR) is 54.8 cm³/mol. The first kappa shape index (κ1) is 9.41. The lowest BCUT2D eigenvalue weighted by Crippen LogP contribution is -1.75. The minimum atomic E-state index is 0. The second-order valence-electron chi connectivity index (χ2n) is 2.26. The number of hydrogen-bond acceptors (Lipinski definition) is 3. The van der Waals surface area contributed by atoms with Gasteiger partial charge in [0.05, 0.1) is 23.1 Å². The van der Waals surface area contributed by atoms with Crippen molar-refractivity contribution in [3.8, 4) is 11.4 Å². The molecular weight excluding hydrogens is 238 g/mol. The average molecular weight is 246 g/mol. The van der Waals surface area contributed by atoms with E-state index in [1.54, 1.807) is 17.5 Å². The number of nitrogens with one attached hydrogen (secondary N) is 1. The standard InChI is InChI=1S/C7H7N3S.BrH/c1-5-8-2-6(10-5)7-3-11-4-9-7;/h2-4H,1H3,(H,8,10);1H. The smallest absolute Gasteiger partial charge is 0.103 e. The van der Waals surface area contributed by atoms with Gasteiger partial charge in [0, 0.05) is 5.38 Å². The van der Waals surface area contributed by atoms with Crippen LogP contribution >= 0.6 is 28.3 Å². The van der Waals surface area contributed by atoms with Gasteiger partial charge in [-0.05, 0) is 6.92 Å². The third kappa shape index (κ3) is 1.73. The number of hydrogen-bond donors (Lipinski definition) is 1. The fourth-order valence-corrected chi connectivity index (χ4v) is 1.45. The zero-order chi connectivity index (χ0) is 7.68. The molecule has 0 saturated carbocycles. The maximum Gasteiger partial charge on any atom is 0.103 e. The number of halogens is 1. The van der Waals surface area contributed by atoms with Crippen LogP contribution in [-0.2, 0) is 0 Å². The first-order valence-electron chi connectivity index (χ1n) is 3.26. The Kier molecular flexibility index (Phi) is 2.99. The minimum Gasteiger partial charge on any atom is -0.341 e. The van der Waals surface area contributed by atoms with Gasteiger partial charge in [-0.25, -0.2) is 9.97 Å². The summed E-state index contributed by atoms with van der Waals surface area (Å²) in [6, 6.07) is 0. The molecule has 64 valence electrons. The van der Waals surface area contributed by atoms with Crippen LogP contribution in [0.2, 0.25) is 0 Å². The fraction of sp³-hybridized carbons (Fsp3) is 0.143. The van der Waals surface area contributed by atoms with E-state index < -0.39 is 0 Å². The highest BCUT2D eigenvalue weighted by molar-refractivity contribution is 8.93. The second-order valence-corrected chi connectivity index (χ2v) is 2.97. The number of H-pyrrole nitrogens is 1. The molecule has 0 aliphatic carbocycles. The number of thiazole rings is 1. The summed E-state index contributed by atoms with van der Waals surface area (Å²) in [5.41, 5.74) is 3.77. The fourth-order valence-electron chi connectivity index (χ4n) is 0.897. The molecule has 2 heterocycles. The van der Waals surface area contributed by atoms with Crippen LogP contribution in [0.3, 0.4) is 0 Å². The van der Waals surface area contributed by atoms with E-state index in [0.29, 0.717) is 0 Å². The topological polar surface area (TPSA) is 41.6 Å². The quantitative estimate of drug-likeness (QED) is 0.839. The van der Waals surface area contributed by atoms with Crippen molar-refractivity contribution in [2.24, 2.45) is 0 Å². The Labute approximate surface area is 84.7 Å². The van der Waals surface area contributed by atoms with Crippen molar-refractivity contribution in [1.82, 2.24) is 15.0 Å². The van der Waals surface area contributed by atoms with E-state index in [1.807, 2.05) is 17.8 Å². The Morgan fingerprint density at radius 2 is 2.25 bits per heavy atom. The summed E-state index contributed by atoms with van der Waals surface area (Å²) in [4.78, 5) is 11.3. The number of aryl methyl sites for hydroxylation is 1. The van der Waals surface area contributed by atoms with E-state index in [2.05, 4.69) is 15.0 Å². The maximum absolute atomic E-state index is 4.15. The lowest BCUT2D eigenvalue weighted by molar-refractivity contribution is 1.15. The molecule has 0 radical (unpaired) electrons. The van der Waals surface area contributed by atoms with Crippen molar-refractivity contribution in [1.29, 1.82) is 0 Å². The van der Waals surface area contributed by atoms with Gasteiger partial charge in [-0.3, -0.25) is 0 Å². The first-order chi connectivity index (χ1) is 5.36. The lowest BCUT2D eigenvalue weighted by Gasteiger charge is -1.85. The van der Waals surface area contributed by atoms with Crippen LogP contribution in [0.4, 0.5) is 0 Å². The first-order valence-corrected chi connectivity index (χ1v) is 4.21. The summed E-state index contributed by atoms with van der Waals surface area (Å²) in [5.74, 6) is 0.924. The van der Waals surface area contributed by atoms with Gasteiger partial charge in [0.15, 0.2) is 0 Å². The van der Waals surface area contributed by atoms with E-state index in [-0.39, 0.29) is 17.0 Å². The van der Waals surface area contributed by atoms with Crippen LogP contribution < -0.4 is 0 Å². The van der Waals surface area contributed by atoms with Crippen molar-refractivity contribution in [3.63, 3.8) is 0 Å². The van der Waals surface area contributed by atoms with Crippen molar-refractivity contribution in [3.05, 3.63) is 22.9 Å². The molecule has 0 fully saturated rings. The van der Waals surface area contributed by atoms with E-state index >= 15 is 0 Å². The molecule has 0 aliphatic heterocycles. The Balaban J connectivity index is 0.000000720. The van der Waals surface area contributed by atoms with E-state index in [1.165, 1.54) is 0 Å². The summed E-state index contributed by atoms with van der Waals surface area (Å²) < 4.78 is 0. The van der Waals surface area contributed by atoms with Crippen LogP contribution in [0.1, 0.15) is 5.82 Å². The van der Waals surface area contributed by atoms with Gasteiger partial charge in [0.1, 0.15) is 5.82 Å². The summed E-state index contributed by atoms with van der Waals surface area (Å²) in [6.45, 7) is 1.93. The zero-order valence-electron chi connectivity index (χ0n) is 6.44. The number of imidazole rings is 1. The summed E-state index contributed by atoms with van der Waals surface area (Å²) >= 11 is 1.58. The highest BCUT2D eigenvalue weighted by Gasteiger charge is 2.00. The van der Waals surface area contributed by atoms with Crippen molar-refractivity contribution < 1.29 is 0 Å². The molecule has 0 aliphatic rings. The van der Waals surface area contributed by atoms with Crippen molar-refractivity contribution in [2.75, 3.05) is 0 Å². The van der Waals surface area contributed by atoms with Crippen LogP contribution in [0.25, 0.3) is 11.4 Å². The number of aromatic nitrogens is 3. The van der Waals surface area contributed by atoms with Gasteiger partial charge in [0.2, 0.25) is 0 Å². The molecule has 0 unspecified atom stereocenters. The van der Waals surface area contributed by atoms with E-state index in [4.69, 9.17) is 0 Å². The molecule has 12 heavy (non-hydrogen) atoms. The minimum absolute atomic E-state index is 0. The molecule has 0 bridgehead atoms. The SMILES string of the molecule is Br.Cc1ncc(-c2cscn2)[nH]1. The molecule has 0 amide bonds. The van der Waals surface area contributed by atoms with Crippen LogP contribution in [-0.4, -0.2) is 15.0 Å². The third-order valence-electron chi connectivity index (χ3n) is 1.41. The Hall–Kier alpha value is -0.680. The van der Waals surface area contributed by atoms with Crippen LogP contribution in [0, 0.1) is 6.92 Å². The van der Waals surface area contributed by atoms with Gasteiger partial charge >= 0.3 is 0 Å². The number of rotatable bonds is 1. The molecule has 2 aromatic heterocycles. The molecular formula is C7H8BrN3S. The number of aromatic amines is 1. The highest BCUT2D eigenvalue weighted by atomic mass is 79.9. The maximum atomic E-state index is 4.15. The molecule has 0 aromatic carbocycles. The largest absolute Gasteiger partial charge is 0.341 e. The molecule has 2 aromatic rings. The lowest BCUT2D eigenvalue weighted by atomic mass is 10.4. The molecule has 0 spiro atoms. The van der Waals surface area contributed by atoms with Gasteiger partial charge in [-0.2, -0.15) is 0 Å². The second kappa shape index (κ2) is 3.82. The summed E-state index contributed by atoms with van der Waals surface area (Å²) in [7, 11) is 0. The molecule has 2 rings (SSSR count). The molecule has 0 saturated heterocycles.